The number of benzene rings is 3. The summed E-state index contributed by atoms with van der Waals surface area (Å²) in [4.78, 5) is 25.0. The van der Waals surface area contributed by atoms with Crippen LogP contribution in [0.5, 0.6) is 5.75 Å². The number of azo groups is 1. The average molecular weight is 427 g/mol. The fourth-order valence-corrected chi connectivity index (χ4v) is 2.98. The zero-order valence-electron chi connectivity index (χ0n) is 17.4. The Balaban J connectivity index is 1.47. The molecule has 0 fully saturated rings. The second-order valence-electron chi connectivity index (χ2n) is 7.03. The largest absolute Gasteiger partial charge is 0.493 e. The van der Waals surface area contributed by atoms with E-state index in [2.05, 4.69) is 15.5 Å². The van der Waals surface area contributed by atoms with E-state index in [9.17, 15) is 9.59 Å². The second kappa shape index (κ2) is 9.70. The van der Waals surface area contributed by atoms with E-state index in [0.717, 1.165) is 12.1 Å². The first-order chi connectivity index (χ1) is 15.6. The van der Waals surface area contributed by atoms with Gasteiger partial charge in [-0.1, -0.05) is 25.1 Å². The quantitative estimate of drug-likeness (QED) is 0.279. The molecule has 1 amide bonds. The Morgan fingerprint density at radius 2 is 1.66 bits per heavy atom. The molecule has 7 nitrogen and oxygen atoms in total. The third-order valence-corrected chi connectivity index (χ3v) is 4.59. The average Bonchev–Trinajstić information content (AvgIpc) is 2.82. The molecule has 0 aliphatic rings. The van der Waals surface area contributed by atoms with Crippen molar-refractivity contribution in [3.8, 4) is 5.75 Å². The Labute approximate surface area is 184 Å². The van der Waals surface area contributed by atoms with Gasteiger partial charge in [-0.05, 0) is 61.0 Å². The van der Waals surface area contributed by atoms with Gasteiger partial charge in [0.25, 0.3) is 5.91 Å². The molecular weight excluding hydrogens is 406 g/mol. The van der Waals surface area contributed by atoms with Gasteiger partial charge in [0.2, 0.25) is 0 Å². The van der Waals surface area contributed by atoms with Gasteiger partial charge >= 0.3 is 5.63 Å². The van der Waals surface area contributed by atoms with Crippen LogP contribution in [0.15, 0.2) is 98.3 Å². The molecule has 0 spiro atoms. The van der Waals surface area contributed by atoms with E-state index in [1.165, 1.54) is 6.07 Å². The van der Waals surface area contributed by atoms with Crippen LogP contribution in [0.4, 0.5) is 17.1 Å². The molecule has 7 heteroatoms. The SMILES string of the molecule is CCCOc1ccc2cc(C(=O)Nc3ccc(N=Nc4ccccc4)cc3)c(=O)oc2c1. The van der Waals surface area contributed by atoms with Crippen molar-refractivity contribution in [1.29, 1.82) is 0 Å². The van der Waals surface area contributed by atoms with Gasteiger partial charge in [-0.15, -0.1) is 0 Å². The van der Waals surface area contributed by atoms with Crippen LogP contribution < -0.4 is 15.7 Å². The molecule has 0 bridgehead atoms. The molecule has 4 aromatic rings. The van der Waals surface area contributed by atoms with Crippen molar-refractivity contribution in [2.75, 3.05) is 11.9 Å². The van der Waals surface area contributed by atoms with Crippen molar-refractivity contribution in [3.05, 3.63) is 94.8 Å². The maximum absolute atomic E-state index is 12.6. The summed E-state index contributed by atoms with van der Waals surface area (Å²) >= 11 is 0. The Kier molecular flexibility index (Phi) is 6.36. The summed E-state index contributed by atoms with van der Waals surface area (Å²) in [7, 11) is 0. The van der Waals surface area contributed by atoms with Crippen LogP contribution in [-0.4, -0.2) is 12.5 Å². The van der Waals surface area contributed by atoms with Gasteiger partial charge in [-0.2, -0.15) is 10.2 Å². The number of fused-ring (bicyclic) bond motifs is 1. The lowest BCUT2D eigenvalue weighted by Crippen LogP contribution is -2.20. The van der Waals surface area contributed by atoms with Crippen molar-refractivity contribution < 1.29 is 13.9 Å². The van der Waals surface area contributed by atoms with Crippen molar-refractivity contribution in [2.45, 2.75) is 13.3 Å². The van der Waals surface area contributed by atoms with Gasteiger partial charge in [0.15, 0.2) is 0 Å². The van der Waals surface area contributed by atoms with Crippen LogP contribution in [0.1, 0.15) is 23.7 Å². The molecule has 0 unspecified atom stereocenters. The molecule has 0 saturated carbocycles. The van der Waals surface area contributed by atoms with Crippen LogP contribution in [0.3, 0.4) is 0 Å². The maximum Gasteiger partial charge on any atom is 0.349 e. The van der Waals surface area contributed by atoms with E-state index in [0.29, 0.717) is 34.7 Å². The van der Waals surface area contributed by atoms with Crippen molar-refractivity contribution >= 4 is 33.9 Å². The highest BCUT2D eigenvalue weighted by Gasteiger charge is 2.14. The molecule has 0 aliphatic carbocycles. The van der Waals surface area contributed by atoms with E-state index in [-0.39, 0.29) is 5.56 Å². The highest BCUT2D eigenvalue weighted by atomic mass is 16.5. The Morgan fingerprint density at radius 3 is 2.38 bits per heavy atom. The van der Waals surface area contributed by atoms with Crippen LogP contribution in [-0.2, 0) is 0 Å². The van der Waals surface area contributed by atoms with Gasteiger partial charge in [0.1, 0.15) is 16.9 Å². The lowest BCUT2D eigenvalue weighted by molar-refractivity contribution is 0.102. The summed E-state index contributed by atoms with van der Waals surface area (Å²) in [6.07, 6.45) is 0.873. The zero-order valence-corrected chi connectivity index (χ0v) is 17.4. The molecule has 1 aromatic heterocycles. The predicted molar refractivity (Wildman–Crippen MR) is 123 cm³/mol. The molecule has 1 heterocycles. The van der Waals surface area contributed by atoms with E-state index in [1.807, 2.05) is 37.3 Å². The molecule has 3 aromatic carbocycles. The maximum atomic E-state index is 12.6. The predicted octanol–water partition coefficient (Wildman–Crippen LogP) is 6.25. The molecular formula is C25H21N3O4. The number of anilines is 1. The molecule has 0 radical (unpaired) electrons. The first kappa shape index (κ1) is 21.0. The van der Waals surface area contributed by atoms with Crippen LogP contribution in [0.2, 0.25) is 0 Å². The Bertz CT molecular complexity index is 1310. The van der Waals surface area contributed by atoms with Gasteiger partial charge in [0, 0.05) is 17.1 Å². The van der Waals surface area contributed by atoms with Gasteiger partial charge in [-0.3, -0.25) is 4.79 Å². The third kappa shape index (κ3) is 5.07. The lowest BCUT2D eigenvalue weighted by Gasteiger charge is -2.07. The number of rotatable bonds is 7. The van der Waals surface area contributed by atoms with Gasteiger partial charge < -0.3 is 14.5 Å². The second-order valence-corrected chi connectivity index (χ2v) is 7.03. The Morgan fingerprint density at radius 1 is 0.938 bits per heavy atom. The van der Waals surface area contributed by atoms with Crippen molar-refractivity contribution in [1.82, 2.24) is 0 Å². The topological polar surface area (TPSA) is 93.3 Å². The fraction of sp³-hybridized carbons (Fsp3) is 0.120. The minimum absolute atomic E-state index is 0.0763. The van der Waals surface area contributed by atoms with Gasteiger partial charge in [0.05, 0.1) is 18.0 Å². The molecule has 0 saturated heterocycles. The normalized spacial score (nSPS) is 11.0. The summed E-state index contributed by atoms with van der Waals surface area (Å²) < 4.78 is 10.9. The molecule has 32 heavy (non-hydrogen) atoms. The van der Waals surface area contributed by atoms with Crippen molar-refractivity contribution in [3.63, 3.8) is 0 Å². The number of hydrogen-bond donors (Lipinski definition) is 1. The van der Waals surface area contributed by atoms with Gasteiger partial charge in [-0.25, -0.2) is 4.79 Å². The van der Waals surface area contributed by atoms with Crippen molar-refractivity contribution in [2.24, 2.45) is 10.2 Å². The van der Waals surface area contributed by atoms with Crippen LogP contribution in [0, 0.1) is 0 Å². The fourth-order valence-electron chi connectivity index (χ4n) is 2.98. The number of carbonyl (C=O) groups is 1. The number of carbonyl (C=O) groups excluding carboxylic acids is 1. The lowest BCUT2D eigenvalue weighted by atomic mass is 10.1. The zero-order chi connectivity index (χ0) is 22.3. The summed E-state index contributed by atoms with van der Waals surface area (Å²) in [5.74, 6) is 0.0647. The molecule has 0 aliphatic heterocycles. The number of hydrogen-bond acceptors (Lipinski definition) is 6. The minimum atomic E-state index is -0.712. The first-order valence-corrected chi connectivity index (χ1v) is 10.2. The molecule has 0 atom stereocenters. The number of amides is 1. The summed E-state index contributed by atoms with van der Waals surface area (Å²) in [5, 5.41) is 11.7. The monoisotopic (exact) mass is 427 g/mol. The van der Waals surface area contributed by atoms with Crippen LogP contribution >= 0.6 is 0 Å². The summed E-state index contributed by atoms with van der Waals surface area (Å²) in [5.41, 5.74) is 1.49. The van der Waals surface area contributed by atoms with E-state index in [4.69, 9.17) is 9.15 Å². The molecule has 160 valence electrons. The standard InChI is InChI=1S/C25H21N3O4/c1-2-14-31-21-13-8-17-15-22(25(30)32-23(17)16-21)24(29)26-18-9-11-20(12-10-18)28-27-19-6-4-3-5-7-19/h3-13,15-16H,2,14H2,1H3,(H,26,29). The Hall–Kier alpha value is -4.26. The summed E-state index contributed by atoms with van der Waals surface area (Å²) in [6.45, 7) is 2.58. The highest BCUT2D eigenvalue weighted by Crippen LogP contribution is 2.22. The van der Waals surface area contributed by atoms with Crippen LogP contribution in [0.25, 0.3) is 11.0 Å². The summed E-state index contributed by atoms with van der Waals surface area (Å²) in [6, 6.07) is 22.9. The first-order valence-electron chi connectivity index (χ1n) is 10.2. The number of ether oxygens (including phenoxy) is 1. The minimum Gasteiger partial charge on any atom is -0.493 e. The smallest absolute Gasteiger partial charge is 0.349 e. The highest BCUT2D eigenvalue weighted by molar-refractivity contribution is 6.05. The van der Waals surface area contributed by atoms with E-state index >= 15 is 0 Å². The third-order valence-electron chi connectivity index (χ3n) is 4.59. The molecule has 1 N–H and O–H groups in total. The van der Waals surface area contributed by atoms with E-state index < -0.39 is 11.5 Å². The van der Waals surface area contributed by atoms with E-state index in [1.54, 1.807) is 42.5 Å². The number of nitrogens with zero attached hydrogens (tertiary/aromatic N) is 2. The molecule has 4 rings (SSSR count). The number of nitrogens with one attached hydrogen (secondary N) is 1.